The largest absolute Gasteiger partial charge is 0.386 e. The summed E-state index contributed by atoms with van der Waals surface area (Å²) in [6.07, 6.45) is 1.42. The van der Waals surface area contributed by atoms with Gasteiger partial charge in [0, 0.05) is 25.6 Å². The van der Waals surface area contributed by atoms with Crippen molar-refractivity contribution < 1.29 is 14.2 Å². The summed E-state index contributed by atoms with van der Waals surface area (Å²) in [6, 6.07) is 6.81. The van der Waals surface area contributed by atoms with Gasteiger partial charge in [-0.2, -0.15) is 0 Å². The van der Waals surface area contributed by atoms with Crippen molar-refractivity contribution in [2.24, 2.45) is 0 Å². The van der Waals surface area contributed by atoms with E-state index in [1.54, 1.807) is 12.1 Å². The molecule has 1 aromatic carbocycles. The molecule has 0 aromatic heterocycles. The third-order valence-corrected chi connectivity index (χ3v) is 3.29. The van der Waals surface area contributed by atoms with Crippen LogP contribution in [0.5, 0.6) is 0 Å². The molecule has 18 heavy (non-hydrogen) atoms. The van der Waals surface area contributed by atoms with E-state index in [1.807, 2.05) is 13.0 Å². The van der Waals surface area contributed by atoms with Crippen molar-refractivity contribution in [3.8, 4) is 0 Å². The van der Waals surface area contributed by atoms with E-state index < -0.39 is 5.60 Å². The van der Waals surface area contributed by atoms with Crippen molar-refractivity contribution in [3.05, 3.63) is 35.6 Å². The van der Waals surface area contributed by atoms with Gasteiger partial charge in [-0.1, -0.05) is 12.1 Å². The lowest BCUT2D eigenvalue weighted by Crippen LogP contribution is -2.44. The van der Waals surface area contributed by atoms with Crippen molar-refractivity contribution in [2.45, 2.75) is 31.4 Å². The first kappa shape index (κ1) is 13.5. The van der Waals surface area contributed by atoms with E-state index in [2.05, 4.69) is 5.32 Å². The number of rotatable bonds is 5. The van der Waals surface area contributed by atoms with Crippen LogP contribution in [0.4, 0.5) is 4.39 Å². The second-order valence-electron chi connectivity index (χ2n) is 5.14. The normalized spacial score (nSPS) is 25.3. The SMILES string of the molecule is CC(Cc1cccc(F)c1)NCC1(O)CCOC1. The van der Waals surface area contributed by atoms with Crippen LogP contribution in [0.15, 0.2) is 24.3 Å². The zero-order valence-corrected chi connectivity index (χ0v) is 10.7. The minimum absolute atomic E-state index is 0.191. The number of hydrogen-bond donors (Lipinski definition) is 2. The van der Waals surface area contributed by atoms with E-state index in [0.29, 0.717) is 26.2 Å². The Balaban J connectivity index is 1.80. The Morgan fingerprint density at radius 3 is 3.06 bits per heavy atom. The molecule has 0 spiro atoms. The van der Waals surface area contributed by atoms with Crippen LogP contribution < -0.4 is 5.32 Å². The number of hydrogen-bond acceptors (Lipinski definition) is 3. The molecule has 1 fully saturated rings. The van der Waals surface area contributed by atoms with E-state index >= 15 is 0 Å². The van der Waals surface area contributed by atoms with Gasteiger partial charge in [0.2, 0.25) is 0 Å². The summed E-state index contributed by atoms with van der Waals surface area (Å²) in [5, 5.41) is 13.4. The van der Waals surface area contributed by atoms with Gasteiger partial charge in [-0.25, -0.2) is 4.39 Å². The molecule has 0 radical (unpaired) electrons. The molecule has 1 heterocycles. The van der Waals surface area contributed by atoms with Gasteiger partial charge in [0.15, 0.2) is 0 Å². The minimum atomic E-state index is -0.740. The van der Waals surface area contributed by atoms with Gasteiger partial charge in [0.25, 0.3) is 0 Å². The average Bonchev–Trinajstić information content (AvgIpc) is 2.74. The molecule has 0 saturated carbocycles. The van der Waals surface area contributed by atoms with Crippen molar-refractivity contribution in [1.29, 1.82) is 0 Å². The molecule has 3 nitrogen and oxygen atoms in total. The summed E-state index contributed by atoms with van der Waals surface area (Å²) in [6.45, 7) is 3.57. The second kappa shape index (κ2) is 5.78. The maximum Gasteiger partial charge on any atom is 0.123 e. The summed E-state index contributed by atoms with van der Waals surface area (Å²) >= 11 is 0. The van der Waals surface area contributed by atoms with E-state index in [-0.39, 0.29) is 11.9 Å². The monoisotopic (exact) mass is 253 g/mol. The van der Waals surface area contributed by atoms with Gasteiger partial charge in [0.1, 0.15) is 11.4 Å². The predicted octanol–water partition coefficient (Wildman–Crippen LogP) is 1.50. The van der Waals surface area contributed by atoms with Crippen LogP contribution in [0.1, 0.15) is 18.9 Å². The molecule has 2 unspecified atom stereocenters. The summed E-state index contributed by atoms with van der Waals surface area (Å²) in [4.78, 5) is 0. The minimum Gasteiger partial charge on any atom is -0.386 e. The van der Waals surface area contributed by atoms with Crippen LogP contribution in [0.25, 0.3) is 0 Å². The number of benzene rings is 1. The molecule has 0 amide bonds. The second-order valence-corrected chi connectivity index (χ2v) is 5.14. The highest BCUT2D eigenvalue weighted by atomic mass is 19.1. The smallest absolute Gasteiger partial charge is 0.123 e. The molecule has 0 aliphatic carbocycles. The van der Waals surface area contributed by atoms with Crippen LogP contribution in [0.2, 0.25) is 0 Å². The Morgan fingerprint density at radius 2 is 2.39 bits per heavy atom. The lowest BCUT2D eigenvalue weighted by molar-refractivity contribution is 0.0252. The predicted molar refractivity (Wildman–Crippen MR) is 68.0 cm³/mol. The molecule has 1 aliphatic heterocycles. The lowest BCUT2D eigenvalue weighted by Gasteiger charge is -2.23. The Hall–Kier alpha value is -0.970. The zero-order valence-electron chi connectivity index (χ0n) is 10.7. The van der Waals surface area contributed by atoms with Crippen LogP contribution in [-0.4, -0.2) is 36.5 Å². The highest BCUT2D eigenvalue weighted by molar-refractivity contribution is 5.17. The van der Waals surface area contributed by atoms with Crippen LogP contribution in [0, 0.1) is 5.82 Å². The number of ether oxygens (including phenoxy) is 1. The van der Waals surface area contributed by atoms with Gasteiger partial charge in [-0.15, -0.1) is 0 Å². The third-order valence-electron chi connectivity index (χ3n) is 3.29. The van der Waals surface area contributed by atoms with Crippen LogP contribution in [0.3, 0.4) is 0 Å². The Kier molecular flexibility index (Phi) is 4.32. The highest BCUT2D eigenvalue weighted by Crippen LogP contribution is 2.17. The molecular weight excluding hydrogens is 233 g/mol. The maximum absolute atomic E-state index is 13.0. The molecular formula is C14H20FNO2. The van der Waals surface area contributed by atoms with Crippen molar-refractivity contribution in [1.82, 2.24) is 5.32 Å². The van der Waals surface area contributed by atoms with Gasteiger partial charge >= 0.3 is 0 Å². The quantitative estimate of drug-likeness (QED) is 0.835. The summed E-state index contributed by atoms with van der Waals surface area (Å²) in [5.41, 5.74) is 0.223. The van der Waals surface area contributed by atoms with Gasteiger partial charge in [-0.3, -0.25) is 0 Å². The topological polar surface area (TPSA) is 41.5 Å². The fraction of sp³-hybridized carbons (Fsp3) is 0.571. The van der Waals surface area contributed by atoms with Gasteiger partial charge in [0.05, 0.1) is 6.61 Å². The Labute approximate surface area is 107 Å². The standard InChI is InChI=1S/C14H20FNO2/c1-11(7-12-3-2-4-13(15)8-12)16-9-14(17)5-6-18-10-14/h2-4,8,11,16-17H,5-7,9-10H2,1H3. The third kappa shape index (κ3) is 3.77. The van der Waals surface area contributed by atoms with Gasteiger partial charge in [-0.05, 0) is 31.0 Å². The van der Waals surface area contributed by atoms with E-state index in [1.165, 1.54) is 6.07 Å². The highest BCUT2D eigenvalue weighted by Gasteiger charge is 2.32. The Morgan fingerprint density at radius 1 is 1.56 bits per heavy atom. The van der Waals surface area contributed by atoms with E-state index in [4.69, 9.17) is 4.74 Å². The van der Waals surface area contributed by atoms with Crippen molar-refractivity contribution >= 4 is 0 Å². The van der Waals surface area contributed by atoms with E-state index in [9.17, 15) is 9.50 Å². The van der Waals surface area contributed by atoms with Crippen LogP contribution >= 0.6 is 0 Å². The fourth-order valence-electron chi connectivity index (χ4n) is 2.19. The van der Waals surface area contributed by atoms with Crippen molar-refractivity contribution in [3.63, 3.8) is 0 Å². The molecule has 2 atom stereocenters. The molecule has 2 rings (SSSR count). The molecule has 2 N–H and O–H groups in total. The zero-order chi connectivity index (χ0) is 13.0. The van der Waals surface area contributed by atoms with Gasteiger partial charge < -0.3 is 15.2 Å². The maximum atomic E-state index is 13.0. The molecule has 1 aliphatic rings. The van der Waals surface area contributed by atoms with Crippen molar-refractivity contribution in [2.75, 3.05) is 19.8 Å². The number of halogens is 1. The fourth-order valence-corrected chi connectivity index (χ4v) is 2.19. The first-order valence-corrected chi connectivity index (χ1v) is 6.35. The summed E-state index contributed by atoms with van der Waals surface area (Å²) in [7, 11) is 0. The Bertz CT molecular complexity index is 391. The molecule has 100 valence electrons. The molecule has 4 heteroatoms. The molecule has 1 aromatic rings. The van der Waals surface area contributed by atoms with E-state index in [0.717, 1.165) is 12.0 Å². The molecule has 1 saturated heterocycles. The lowest BCUT2D eigenvalue weighted by atomic mass is 10.0. The first-order valence-electron chi connectivity index (χ1n) is 6.35. The number of nitrogens with one attached hydrogen (secondary N) is 1. The first-order chi connectivity index (χ1) is 8.57. The average molecular weight is 253 g/mol. The molecule has 0 bridgehead atoms. The summed E-state index contributed by atoms with van der Waals surface area (Å²) < 4.78 is 18.2. The van der Waals surface area contributed by atoms with Crippen LogP contribution in [-0.2, 0) is 11.2 Å². The summed E-state index contributed by atoms with van der Waals surface area (Å²) in [5.74, 6) is -0.206. The number of aliphatic hydroxyl groups is 1.